The Labute approximate surface area is 166 Å². The molecule has 3 aromatic rings. The van der Waals surface area contributed by atoms with Gasteiger partial charge in [-0.05, 0) is 26.0 Å². The fourth-order valence-corrected chi connectivity index (χ4v) is 3.61. The van der Waals surface area contributed by atoms with Crippen LogP contribution in [0.1, 0.15) is 29.5 Å². The van der Waals surface area contributed by atoms with E-state index >= 15 is 0 Å². The Kier molecular flexibility index (Phi) is 5.33. The second kappa shape index (κ2) is 8.05. The number of aliphatic imine (C=N–C) groups is 1. The first-order valence-corrected chi connectivity index (χ1v) is 9.71. The smallest absolute Gasteiger partial charge is 0.152 e. The maximum atomic E-state index is 11.0. The molecule has 4 rings (SSSR count). The molecule has 0 radical (unpaired) electrons. The average Bonchev–Trinajstić information content (AvgIpc) is 2.76. The maximum absolute atomic E-state index is 11.0. The van der Waals surface area contributed by atoms with Crippen molar-refractivity contribution >= 4 is 11.5 Å². The summed E-state index contributed by atoms with van der Waals surface area (Å²) in [7, 11) is 2.09. The summed E-state index contributed by atoms with van der Waals surface area (Å²) in [4.78, 5) is 11.6. The Balaban J connectivity index is 1.66. The molecule has 2 aromatic carbocycles. The van der Waals surface area contributed by atoms with Crippen LogP contribution in [0, 0.1) is 0 Å². The van der Waals surface area contributed by atoms with Crippen molar-refractivity contribution in [2.45, 2.75) is 18.4 Å². The van der Waals surface area contributed by atoms with Crippen molar-refractivity contribution in [2.24, 2.45) is 4.99 Å². The SMILES string of the molecule is CN1CCC(O)(c2ccc(N=C(c3ccccc3)c3ccccc3)nc2)CC1. The number of nitrogens with zero attached hydrogens (tertiary/aromatic N) is 3. The fourth-order valence-electron chi connectivity index (χ4n) is 3.61. The van der Waals surface area contributed by atoms with E-state index in [9.17, 15) is 5.11 Å². The van der Waals surface area contributed by atoms with Gasteiger partial charge in [-0.25, -0.2) is 9.98 Å². The molecule has 1 fully saturated rings. The van der Waals surface area contributed by atoms with Crippen molar-refractivity contribution in [3.63, 3.8) is 0 Å². The van der Waals surface area contributed by atoms with E-state index in [0.717, 1.165) is 48.3 Å². The quantitative estimate of drug-likeness (QED) is 0.701. The monoisotopic (exact) mass is 371 g/mol. The molecule has 0 spiro atoms. The summed E-state index contributed by atoms with van der Waals surface area (Å²) in [5.74, 6) is 0.642. The lowest BCUT2D eigenvalue weighted by Gasteiger charge is -2.36. The number of hydrogen-bond acceptors (Lipinski definition) is 4. The standard InChI is InChI=1S/C24H25N3O/c1-27-16-14-24(28,15-17-27)21-12-13-22(25-18-21)26-23(19-8-4-2-5-9-19)20-10-6-3-7-11-20/h2-13,18,28H,14-17H2,1H3. The average molecular weight is 371 g/mol. The summed E-state index contributed by atoms with van der Waals surface area (Å²) in [5.41, 5.74) is 3.07. The fraction of sp³-hybridized carbons (Fsp3) is 0.250. The molecule has 0 saturated carbocycles. The molecule has 1 saturated heterocycles. The van der Waals surface area contributed by atoms with Gasteiger partial charge < -0.3 is 10.0 Å². The van der Waals surface area contributed by atoms with Crippen molar-refractivity contribution in [3.8, 4) is 0 Å². The first-order chi connectivity index (χ1) is 13.6. The highest BCUT2D eigenvalue weighted by molar-refractivity contribution is 6.13. The van der Waals surface area contributed by atoms with E-state index in [1.807, 2.05) is 48.5 Å². The maximum Gasteiger partial charge on any atom is 0.152 e. The van der Waals surface area contributed by atoms with Crippen molar-refractivity contribution in [2.75, 3.05) is 20.1 Å². The molecule has 142 valence electrons. The zero-order chi connectivity index (χ0) is 19.4. The summed E-state index contributed by atoms with van der Waals surface area (Å²) >= 11 is 0. The Hall–Kier alpha value is -2.82. The topological polar surface area (TPSA) is 48.7 Å². The van der Waals surface area contributed by atoms with Crippen LogP contribution in [0.4, 0.5) is 5.82 Å². The van der Waals surface area contributed by atoms with Gasteiger partial charge in [0.05, 0.1) is 11.3 Å². The summed E-state index contributed by atoms with van der Waals surface area (Å²) < 4.78 is 0. The number of hydrogen-bond donors (Lipinski definition) is 1. The number of rotatable bonds is 4. The van der Waals surface area contributed by atoms with Gasteiger partial charge in [0.15, 0.2) is 5.82 Å². The van der Waals surface area contributed by atoms with E-state index in [2.05, 4.69) is 41.2 Å². The molecule has 0 amide bonds. The Morgan fingerprint density at radius 2 is 1.46 bits per heavy atom. The lowest BCUT2D eigenvalue weighted by atomic mass is 9.85. The van der Waals surface area contributed by atoms with Gasteiger partial charge in [-0.2, -0.15) is 0 Å². The summed E-state index contributed by atoms with van der Waals surface area (Å²) in [6, 6.07) is 24.1. The highest BCUT2D eigenvalue weighted by Gasteiger charge is 2.33. The van der Waals surface area contributed by atoms with Crippen LogP contribution in [0.2, 0.25) is 0 Å². The van der Waals surface area contributed by atoms with E-state index in [0.29, 0.717) is 5.82 Å². The van der Waals surface area contributed by atoms with Gasteiger partial charge in [0.2, 0.25) is 0 Å². The van der Waals surface area contributed by atoms with Gasteiger partial charge in [0, 0.05) is 36.0 Å². The number of likely N-dealkylation sites (tertiary alicyclic amines) is 1. The van der Waals surface area contributed by atoms with Crippen LogP contribution in [-0.2, 0) is 5.60 Å². The van der Waals surface area contributed by atoms with E-state index in [4.69, 9.17) is 4.99 Å². The Morgan fingerprint density at radius 3 is 1.96 bits per heavy atom. The molecule has 1 N–H and O–H groups in total. The minimum absolute atomic E-state index is 0.642. The predicted octanol–water partition coefficient (Wildman–Crippen LogP) is 4.16. The van der Waals surface area contributed by atoms with Crippen LogP contribution in [-0.4, -0.2) is 40.8 Å². The molecule has 28 heavy (non-hydrogen) atoms. The van der Waals surface area contributed by atoms with Crippen LogP contribution in [0.15, 0.2) is 84.0 Å². The minimum atomic E-state index is -0.788. The zero-order valence-electron chi connectivity index (χ0n) is 16.1. The molecule has 4 heteroatoms. The molecule has 4 nitrogen and oxygen atoms in total. The largest absolute Gasteiger partial charge is 0.385 e. The molecule has 1 aromatic heterocycles. The minimum Gasteiger partial charge on any atom is -0.385 e. The van der Waals surface area contributed by atoms with E-state index in [-0.39, 0.29) is 0 Å². The van der Waals surface area contributed by atoms with Gasteiger partial charge in [-0.3, -0.25) is 0 Å². The summed E-state index contributed by atoms with van der Waals surface area (Å²) in [6.07, 6.45) is 3.23. The lowest BCUT2D eigenvalue weighted by molar-refractivity contribution is -0.0205. The molecule has 1 aliphatic rings. The van der Waals surface area contributed by atoms with Gasteiger partial charge in [-0.1, -0.05) is 66.7 Å². The molecule has 0 aliphatic carbocycles. The second-order valence-corrected chi connectivity index (χ2v) is 7.43. The summed E-state index contributed by atoms with van der Waals surface area (Å²) in [5, 5.41) is 11.0. The summed E-state index contributed by atoms with van der Waals surface area (Å²) in [6.45, 7) is 1.78. The number of aliphatic hydroxyl groups is 1. The lowest BCUT2D eigenvalue weighted by Crippen LogP contribution is -2.40. The molecular weight excluding hydrogens is 346 g/mol. The number of aromatic nitrogens is 1. The Bertz CT molecular complexity index is 887. The first-order valence-electron chi connectivity index (χ1n) is 9.71. The predicted molar refractivity (Wildman–Crippen MR) is 113 cm³/mol. The van der Waals surface area contributed by atoms with Crippen molar-refractivity contribution in [3.05, 3.63) is 95.7 Å². The van der Waals surface area contributed by atoms with Gasteiger partial charge in [0.1, 0.15) is 0 Å². The van der Waals surface area contributed by atoms with E-state index in [1.54, 1.807) is 6.20 Å². The van der Waals surface area contributed by atoms with Crippen LogP contribution in [0.25, 0.3) is 0 Å². The third-order valence-corrected chi connectivity index (χ3v) is 5.42. The molecule has 2 heterocycles. The third kappa shape index (κ3) is 4.03. The van der Waals surface area contributed by atoms with Gasteiger partial charge in [0.25, 0.3) is 0 Å². The van der Waals surface area contributed by atoms with E-state index < -0.39 is 5.60 Å². The normalized spacial score (nSPS) is 16.5. The highest BCUT2D eigenvalue weighted by atomic mass is 16.3. The number of benzene rings is 2. The Morgan fingerprint density at radius 1 is 0.893 bits per heavy atom. The van der Waals surface area contributed by atoms with Crippen LogP contribution in [0.3, 0.4) is 0 Å². The second-order valence-electron chi connectivity index (χ2n) is 7.43. The van der Waals surface area contributed by atoms with Crippen molar-refractivity contribution in [1.82, 2.24) is 9.88 Å². The molecular formula is C24H25N3O. The van der Waals surface area contributed by atoms with Crippen molar-refractivity contribution < 1.29 is 5.11 Å². The molecule has 0 atom stereocenters. The van der Waals surface area contributed by atoms with Gasteiger partial charge >= 0.3 is 0 Å². The molecule has 0 bridgehead atoms. The first kappa shape index (κ1) is 18.5. The molecule has 0 unspecified atom stereocenters. The van der Waals surface area contributed by atoms with Crippen molar-refractivity contribution in [1.29, 1.82) is 0 Å². The van der Waals surface area contributed by atoms with Gasteiger partial charge in [-0.15, -0.1) is 0 Å². The zero-order valence-corrected chi connectivity index (χ0v) is 16.1. The van der Waals surface area contributed by atoms with Crippen LogP contribution < -0.4 is 0 Å². The highest BCUT2D eigenvalue weighted by Crippen LogP contribution is 2.32. The van der Waals surface area contributed by atoms with Crippen LogP contribution >= 0.6 is 0 Å². The number of pyridine rings is 1. The third-order valence-electron chi connectivity index (χ3n) is 5.42. The molecule has 1 aliphatic heterocycles. The van der Waals surface area contributed by atoms with E-state index in [1.165, 1.54) is 0 Å². The number of piperidine rings is 1. The van der Waals surface area contributed by atoms with Crippen LogP contribution in [0.5, 0.6) is 0 Å².